The van der Waals surface area contributed by atoms with Crippen LogP contribution in [0.3, 0.4) is 0 Å². The molecule has 2 aliphatic rings. The average Bonchev–Trinajstić information content (AvgIpc) is 1.80. The highest BCUT2D eigenvalue weighted by Crippen LogP contribution is 2.45. The zero-order chi connectivity index (χ0) is 5.56. The van der Waals surface area contributed by atoms with Crippen molar-refractivity contribution >= 4 is 0 Å². The molecule has 0 heteroatoms. The highest BCUT2D eigenvalue weighted by atomic mass is 14.4. The zero-order valence-electron chi connectivity index (χ0n) is 5.30. The van der Waals surface area contributed by atoms with E-state index in [4.69, 9.17) is 0 Å². The predicted molar refractivity (Wildman–Crippen MR) is 34.5 cm³/mol. The molecule has 0 nitrogen and oxygen atoms in total. The van der Waals surface area contributed by atoms with Gasteiger partial charge in [-0.1, -0.05) is 19.1 Å². The number of fused-ring (bicyclic) bond motifs is 1. The first kappa shape index (κ1) is 4.60. The lowest BCUT2D eigenvalue weighted by Crippen LogP contribution is -2.24. The minimum absolute atomic E-state index is 0.897. The van der Waals surface area contributed by atoms with Gasteiger partial charge in [-0.3, -0.25) is 0 Å². The molecule has 0 aromatic heterocycles. The summed E-state index contributed by atoms with van der Waals surface area (Å²) in [4.78, 5) is 0. The number of hydrogen-bond acceptors (Lipinski definition) is 0. The molecule has 0 aromatic carbocycles. The van der Waals surface area contributed by atoms with E-state index < -0.39 is 0 Å². The van der Waals surface area contributed by atoms with Crippen LogP contribution >= 0.6 is 0 Å². The fourth-order valence-corrected chi connectivity index (χ4v) is 1.90. The Morgan fingerprint density at radius 2 is 2.12 bits per heavy atom. The lowest BCUT2D eigenvalue weighted by Gasteiger charge is -2.32. The van der Waals surface area contributed by atoms with Gasteiger partial charge in [0.2, 0.25) is 0 Å². The molecule has 8 heavy (non-hydrogen) atoms. The van der Waals surface area contributed by atoms with Gasteiger partial charge in [-0.25, -0.2) is 0 Å². The van der Waals surface area contributed by atoms with Gasteiger partial charge in [0.1, 0.15) is 0 Å². The Labute approximate surface area is 50.6 Å². The van der Waals surface area contributed by atoms with Crippen LogP contribution < -0.4 is 0 Å². The summed E-state index contributed by atoms with van der Waals surface area (Å²) in [5.74, 6) is 2.94. The van der Waals surface area contributed by atoms with Gasteiger partial charge in [0.05, 0.1) is 0 Å². The first-order chi connectivity index (χ1) is 3.88. The molecule has 0 saturated heterocycles. The van der Waals surface area contributed by atoms with E-state index in [1.165, 1.54) is 12.8 Å². The quantitative estimate of drug-likeness (QED) is 0.417. The summed E-state index contributed by atoms with van der Waals surface area (Å²) >= 11 is 0. The Morgan fingerprint density at radius 3 is 2.38 bits per heavy atom. The van der Waals surface area contributed by atoms with Crippen LogP contribution in [0, 0.1) is 17.8 Å². The van der Waals surface area contributed by atoms with Gasteiger partial charge in [-0.2, -0.15) is 0 Å². The van der Waals surface area contributed by atoms with Crippen LogP contribution in [-0.4, -0.2) is 0 Å². The fourth-order valence-electron chi connectivity index (χ4n) is 1.90. The molecule has 0 bridgehead atoms. The fraction of sp³-hybridized carbons (Fsp3) is 0.750. The maximum absolute atomic E-state index is 2.40. The molecule has 0 N–H and O–H groups in total. The first-order valence-electron chi connectivity index (χ1n) is 3.56. The van der Waals surface area contributed by atoms with Crippen molar-refractivity contribution in [3.05, 3.63) is 12.2 Å². The third-order valence-electron chi connectivity index (χ3n) is 2.72. The molecule has 2 rings (SSSR count). The molecule has 1 fully saturated rings. The van der Waals surface area contributed by atoms with Crippen LogP contribution in [0.5, 0.6) is 0 Å². The van der Waals surface area contributed by atoms with Gasteiger partial charge < -0.3 is 0 Å². The summed E-state index contributed by atoms with van der Waals surface area (Å²) in [7, 11) is 0. The molecule has 2 unspecified atom stereocenters. The Bertz CT molecular complexity index is 116. The second kappa shape index (κ2) is 1.37. The lowest BCUT2D eigenvalue weighted by atomic mass is 9.72. The van der Waals surface area contributed by atoms with Gasteiger partial charge in [-0.05, 0) is 30.6 Å². The smallest absolute Gasteiger partial charge is 0.0199 e. The zero-order valence-corrected chi connectivity index (χ0v) is 5.30. The normalized spacial score (nSPS) is 50.9. The van der Waals surface area contributed by atoms with E-state index in [-0.39, 0.29) is 0 Å². The van der Waals surface area contributed by atoms with Crippen LogP contribution in [0.15, 0.2) is 12.2 Å². The molecule has 3 atom stereocenters. The van der Waals surface area contributed by atoms with E-state index >= 15 is 0 Å². The third kappa shape index (κ3) is 0.410. The topological polar surface area (TPSA) is 0 Å². The highest BCUT2D eigenvalue weighted by molar-refractivity contribution is 5.09. The van der Waals surface area contributed by atoms with Crippen LogP contribution in [0.4, 0.5) is 0 Å². The van der Waals surface area contributed by atoms with Crippen molar-refractivity contribution < 1.29 is 0 Å². The Hall–Kier alpha value is -0.260. The van der Waals surface area contributed by atoms with E-state index in [0.29, 0.717) is 0 Å². The molecule has 0 amide bonds. The summed E-state index contributed by atoms with van der Waals surface area (Å²) in [6.45, 7) is 2.33. The standard InChI is InChI=1S/C8H12/c1-6-2-3-7-4-5-8(6)7/h2-3,6-8H,4-5H2,1H3/t6?,7?,8-/m1/s1. The molecule has 0 spiro atoms. The van der Waals surface area contributed by atoms with E-state index in [9.17, 15) is 0 Å². The molecule has 0 aliphatic heterocycles. The molecule has 0 aromatic rings. The number of hydrogen-bond donors (Lipinski definition) is 0. The van der Waals surface area contributed by atoms with Gasteiger partial charge in [0.25, 0.3) is 0 Å². The maximum Gasteiger partial charge on any atom is -0.0199 e. The van der Waals surface area contributed by atoms with Crippen LogP contribution in [0.2, 0.25) is 0 Å². The molecule has 1 saturated carbocycles. The molecule has 0 heterocycles. The molecular formula is C8H12. The minimum Gasteiger partial charge on any atom is -0.0851 e. The van der Waals surface area contributed by atoms with Crippen LogP contribution in [0.1, 0.15) is 19.8 Å². The van der Waals surface area contributed by atoms with Gasteiger partial charge in [-0.15, -0.1) is 0 Å². The van der Waals surface area contributed by atoms with Gasteiger partial charge >= 0.3 is 0 Å². The van der Waals surface area contributed by atoms with Crippen molar-refractivity contribution in [2.45, 2.75) is 19.8 Å². The van der Waals surface area contributed by atoms with E-state index in [0.717, 1.165) is 17.8 Å². The molecule has 0 radical (unpaired) electrons. The third-order valence-corrected chi connectivity index (χ3v) is 2.72. The predicted octanol–water partition coefficient (Wildman–Crippen LogP) is 2.22. The van der Waals surface area contributed by atoms with Crippen molar-refractivity contribution in [1.82, 2.24) is 0 Å². The van der Waals surface area contributed by atoms with Gasteiger partial charge in [0.15, 0.2) is 0 Å². The summed E-state index contributed by atoms with van der Waals surface area (Å²) in [6.07, 6.45) is 7.73. The second-order valence-corrected chi connectivity index (χ2v) is 3.15. The largest absolute Gasteiger partial charge is 0.0851 e. The van der Waals surface area contributed by atoms with Crippen molar-refractivity contribution in [3.63, 3.8) is 0 Å². The van der Waals surface area contributed by atoms with E-state index in [1.54, 1.807) is 0 Å². The lowest BCUT2D eigenvalue weighted by molar-refractivity contribution is 0.202. The number of allylic oxidation sites excluding steroid dienone is 2. The molecular weight excluding hydrogens is 96.1 g/mol. The summed E-state index contributed by atoms with van der Waals surface area (Å²) in [5, 5.41) is 0. The Balaban J connectivity index is 2.14. The molecule has 2 aliphatic carbocycles. The van der Waals surface area contributed by atoms with Crippen molar-refractivity contribution in [1.29, 1.82) is 0 Å². The Morgan fingerprint density at radius 1 is 1.25 bits per heavy atom. The minimum atomic E-state index is 0.897. The monoisotopic (exact) mass is 108 g/mol. The summed E-state index contributed by atoms with van der Waals surface area (Å²) in [6, 6.07) is 0. The second-order valence-electron chi connectivity index (χ2n) is 3.15. The van der Waals surface area contributed by atoms with Crippen LogP contribution in [-0.2, 0) is 0 Å². The summed E-state index contributed by atoms with van der Waals surface area (Å²) < 4.78 is 0. The van der Waals surface area contributed by atoms with Crippen molar-refractivity contribution in [2.24, 2.45) is 17.8 Å². The Kier molecular flexibility index (Phi) is 0.787. The highest BCUT2D eigenvalue weighted by Gasteiger charge is 2.35. The van der Waals surface area contributed by atoms with Crippen LogP contribution in [0.25, 0.3) is 0 Å². The van der Waals surface area contributed by atoms with Crippen molar-refractivity contribution in [3.8, 4) is 0 Å². The van der Waals surface area contributed by atoms with E-state index in [1.807, 2.05) is 0 Å². The average molecular weight is 108 g/mol. The maximum atomic E-state index is 2.40. The first-order valence-corrected chi connectivity index (χ1v) is 3.56. The van der Waals surface area contributed by atoms with E-state index in [2.05, 4.69) is 19.1 Å². The summed E-state index contributed by atoms with van der Waals surface area (Å²) in [5.41, 5.74) is 0. The van der Waals surface area contributed by atoms with Gasteiger partial charge in [0, 0.05) is 0 Å². The van der Waals surface area contributed by atoms with Crippen molar-refractivity contribution in [2.75, 3.05) is 0 Å². The molecule has 44 valence electrons. The SMILES string of the molecule is CC1C=CC2CC[C@H]12. The number of rotatable bonds is 0.